The van der Waals surface area contributed by atoms with Crippen LogP contribution in [0.15, 0.2) is 29.6 Å². The second kappa shape index (κ2) is 5.69. The number of hydrogen-bond acceptors (Lipinski definition) is 3. The lowest BCUT2D eigenvalue weighted by Gasteiger charge is -2.17. The van der Waals surface area contributed by atoms with Gasteiger partial charge in [-0.05, 0) is 29.1 Å². The van der Waals surface area contributed by atoms with Crippen LogP contribution in [0.3, 0.4) is 0 Å². The normalized spacial score (nSPS) is 13.5. The number of benzene rings is 1. The van der Waals surface area contributed by atoms with Crippen molar-refractivity contribution in [2.24, 2.45) is 5.84 Å². The van der Waals surface area contributed by atoms with Crippen LogP contribution in [0.2, 0.25) is 5.02 Å². The Morgan fingerprint density at radius 2 is 1.95 bits per heavy atom. The molecule has 2 rings (SSSR count). The van der Waals surface area contributed by atoms with E-state index in [2.05, 4.69) is 5.43 Å². The number of hydrazine groups is 1. The summed E-state index contributed by atoms with van der Waals surface area (Å²) in [6.45, 7) is 0. The highest BCUT2D eigenvalue weighted by atomic mass is 35.5. The second-order valence-electron chi connectivity index (χ2n) is 3.97. The lowest BCUT2D eigenvalue weighted by Crippen LogP contribution is -2.28. The van der Waals surface area contributed by atoms with Gasteiger partial charge >= 0.3 is 6.18 Å². The Hall–Kier alpha value is -1.15. The smallest absolute Gasteiger partial charge is 0.271 e. The lowest BCUT2D eigenvalue weighted by atomic mass is 10.0. The van der Waals surface area contributed by atoms with Crippen molar-refractivity contribution in [2.75, 3.05) is 0 Å². The number of nitrogens with two attached hydrogens (primary N) is 1. The third kappa shape index (κ3) is 2.95. The summed E-state index contributed by atoms with van der Waals surface area (Å²) in [7, 11) is 0. The molecule has 20 heavy (non-hydrogen) atoms. The maximum Gasteiger partial charge on any atom is 0.419 e. The monoisotopic (exact) mass is 324 g/mol. The maximum absolute atomic E-state index is 13.6. The quantitative estimate of drug-likeness (QED) is 0.506. The summed E-state index contributed by atoms with van der Waals surface area (Å²) in [6.07, 6.45) is -4.73. The molecule has 0 radical (unpaired) electrons. The van der Waals surface area contributed by atoms with Gasteiger partial charge in [-0.15, -0.1) is 11.3 Å². The zero-order valence-corrected chi connectivity index (χ0v) is 11.4. The molecule has 108 valence electrons. The number of halogens is 5. The van der Waals surface area contributed by atoms with Crippen molar-refractivity contribution >= 4 is 22.9 Å². The van der Waals surface area contributed by atoms with E-state index >= 15 is 0 Å². The van der Waals surface area contributed by atoms with Gasteiger partial charge in [0.05, 0.1) is 16.6 Å². The summed E-state index contributed by atoms with van der Waals surface area (Å²) >= 11 is 7.22. The molecule has 0 bridgehead atoms. The predicted molar refractivity (Wildman–Crippen MR) is 69.9 cm³/mol. The third-order valence-electron chi connectivity index (χ3n) is 2.71. The minimum absolute atomic E-state index is 0.266. The number of hydrogen-bond donors (Lipinski definition) is 2. The standard InChI is InChI=1S/C12H9ClF4N2S/c13-8-3-4-20-11(8)10(19-18)6-1-2-7(9(14)5-6)12(15,16)17/h1-5,10,19H,18H2. The van der Waals surface area contributed by atoms with Gasteiger partial charge in [0, 0.05) is 4.88 Å². The molecule has 0 fully saturated rings. The molecule has 0 aliphatic rings. The lowest BCUT2D eigenvalue weighted by molar-refractivity contribution is -0.140. The molecule has 0 aliphatic heterocycles. The van der Waals surface area contributed by atoms with Crippen LogP contribution in [0.4, 0.5) is 17.6 Å². The highest BCUT2D eigenvalue weighted by Crippen LogP contribution is 2.36. The van der Waals surface area contributed by atoms with Crippen LogP contribution < -0.4 is 11.3 Å². The van der Waals surface area contributed by atoms with Gasteiger partial charge in [0.25, 0.3) is 0 Å². The van der Waals surface area contributed by atoms with Gasteiger partial charge < -0.3 is 0 Å². The van der Waals surface area contributed by atoms with Crippen LogP contribution in [-0.2, 0) is 6.18 Å². The summed E-state index contributed by atoms with van der Waals surface area (Å²) in [5, 5.41) is 2.13. The molecule has 3 N–H and O–H groups in total. The van der Waals surface area contributed by atoms with Crippen molar-refractivity contribution < 1.29 is 17.6 Å². The summed E-state index contributed by atoms with van der Waals surface area (Å²) in [6, 6.07) is 3.64. The van der Waals surface area contributed by atoms with E-state index < -0.39 is 23.6 Å². The van der Waals surface area contributed by atoms with Crippen molar-refractivity contribution in [1.29, 1.82) is 0 Å². The molecule has 0 aliphatic carbocycles. The van der Waals surface area contributed by atoms with Gasteiger partial charge in [0.15, 0.2) is 0 Å². The minimum Gasteiger partial charge on any atom is -0.271 e. The first-order chi connectivity index (χ1) is 9.34. The third-order valence-corrected chi connectivity index (χ3v) is 4.13. The molecule has 1 aromatic carbocycles. The van der Waals surface area contributed by atoms with Crippen molar-refractivity contribution in [2.45, 2.75) is 12.2 Å². The first-order valence-corrected chi connectivity index (χ1v) is 6.66. The number of alkyl halides is 3. The molecule has 2 aromatic rings. The Bertz CT molecular complexity index is 612. The molecule has 8 heteroatoms. The van der Waals surface area contributed by atoms with Crippen LogP contribution in [0, 0.1) is 5.82 Å². The Balaban J connectivity index is 2.43. The maximum atomic E-state index is 13.6. The van der Waals surface area contributed by atoms with Crippen LogP contribution in [0.1, 0.15) is 22.0 Å². The van der Waals surface area contributed by atoms with E-state index in [-0.39, 0.29) is 5.56 Å². The molecular weight excluding hydrogens is 316 g/mol. The van der Waals surface area contributed by atoms with Gasteiger partial charge in [0.1, 0.15) is 5.82 Å². The zero-order valence-electron chi connectivity index (χ0n) is 9.84. The molecule has 0 saturated carbocycles. The van der Waals surface area contributed by atoms with Gasteiger partial charge in [-0.1, -0.05) is 17.7 Å². The van der Waals surface area contributed by atoms with Gasteiger partial charge in [-0.2, -0.15) is 13.2 Å². The van der Waals surface area contributed by atoms with E-state index in [9.17, 15) is 17.6 Å². The topological polar surface area (TPSA) is 38.0 Å². The van der Waals surface area contributed by atoms with E-state index in [1.165, 1.54) is 17.4 Å². The van der Waals surface area contributed by atoms with E-state index in [0.717, 1.165) is 6.07 Å². The number of rotatable bonds is 3. The number of thiophene rings is 1. The molecule has 1 heterocycles. The van der Waals surface area contributed by atoms with Crippen molar-refractivity contribution in [1.82, 2.24) is 5.43 Å². The Morgan fingerprint density at radius 1 is 1.25 bits per heavy atom. The summed E-state index contributed by atoms with van der Waals surface area (Å²) in [5.74, 6) is 4.05. The average molecular weight is 325 g/mol. The van der Waals surface area contributed by atoms with Gasteiger partial charge in [-0.3, -0.25) is 5.84 Å². The fourth-order valence-corrected chi connectivity index (χ4v) is 3.03. The fraction of sp³-hybridized carbons (Fsp3) is 0.167. The minimum atomic E-state index is -4.73. The SMILES string of the molecule is NNC(c1ccc(C(F)(F)F)c(F)c1)c1sccc1Cl. The summed E-state index contributed by atoms with van der Waals surface area (Å²) < 4.78 is 51.1. The van der Waals surface area contributed by atoms with Crippen molar-refractivity contribution in [3.05, 3.63) is 56.5 Å². The second-order valence-corrected chi connectivity index (χ2v) is 5.32. The van der Waals surface area contributed by atoms with Gasteiger partial charge in [0.2, 0.25) is 0 Å². The highest BCUT2D eigenvalue weighted by Gasteiger charge is 2.34. The van der Waals surface area contributed by atoms with Crippen molar-refractivity contribution in [3.8, 4) is 0 Å². The highest BCUT2D eigenvalue weighted by molar-refractivity contribution is 7.10. The van der Waals surface area contributed by atoms with Gasteiger partial charge in [-0.25, -0.2) is 9.82 Å². The molecule has 2 nitrogen and oxygen atoms in total. The van der Waals surface area contributed by atoms with Crippen LogP contribution in [0.5, 0.6) is 0 Å². The molecule has 0 saturated heterocycles. The Labute approximate surface area is 121 Å². The Kier molecular flexibility index (Phi) is 4.33. The van der Waals surface area contributed by atoms with E-state index in [1.54, 1.807) is 11.4 Å². The largest absolute Gasteiger partial charge is 0.419 e. The number of nitrogens with one attached hydrogen (secondary N) is 1. The molecule has 0 spiro atoms. The predicted octanol–water partition coefficient (Wildman–Crippen LogP) is 4.11. The van der Waals surface area contributed by atoms with Crippen molar-refractivity contribution in [3.63, 3.8) is 0 Å². The molecule has 1 unspecified atom stereocenters. The zero-order chi connectivity index (χ0) is 14.9. The Morgan fingerprint density at radius 3 is 2.40 bits per heavy atom. The molecule has 1 atom stereocenters. The molecule has 1 aromatic heterocycles. The van der Waals surface area contributed by atoms with Crippen LogP contribution in [0.25, 0.3) is 0 Å². The van der Waals surface area contributed by atoms with Crippen LogP contribution in [-0.4, -0.2) is 0 Å². The fourth-order valence-electron chi connectivity index (χ4n) is 1.78. The summed E-state index contributed by atoms with van der Waals surface area (Å²) in [5.41, 5.74) is 1.38. The first kappa shape index (κ1) is 15.2. The summed E-state index contributed by atoms with van der Waals surface area (Å²) in [4.78, 5) is 0.605. The van der Waals surface area contributed by atoms with E-state index in [0.29, 0.717) is 16.0 Å². The molecule has 0 amide bonds. The van der Waals surface area contributed by atoms with E-state index in [1.807, 2.05) is 0 Å². The molecular formula is C12H9ClF4N2S. The first-order valence-electron chi connectivity index (χ1n) is 5.40. The van der Waals surface area contributed by atoms with E-state index in [4.69, 9.17) is 17.4 Å². The average Bonchev–Trinajstić information content (AvgIpc) is 2.75. The van der Waals surface area contributed by atoms with Crippen LogP contribution >= 0.6 is 22.9 Å².